The van der Waals surface area contributed by atoms with Gasteiger partial charge in [-0.15, -0.1) is 0 Å². The lowest BCUT2D eigenvalue weighted by Crippen LogP contribution is -2.32. The van der Waals surface area contributed by atoms with Crippen LogP contribution in [0.3, 0.4) is 0 Å². The lowest BCUT2D eigenvalue weighted by molar-refractivity contribution is -0.132. The fourth-order valence-electron chi connectivity index (χ4n) is 1.18. The topological polar surface area (TPSA) is 30.5 Å². The Labute approximate surface area is 98.3 Å². The van der Waals surface area contributed by atoms with E-state index in [1.54, 1.807) is 0 Å². The summed E-state index contributed by atoms with van der Waals surface area (Å²) in [7, 11) is 0. The highest BCUT2D eigenvalue weighted by molar-refractivity contribution is 7.99. The SMILES string of the molecule is CCOC(CNCCC(C)SC)OCC. The number of thioether (sulfide) groups is 1. The maximum atomic E-state index is 5.43. The third-order valence-corrected chi connectivity index (χ3v) is 3.19. The molecule has 0 aromatic rings. The van der Waals surface area contributed by atoms with Gasteiger partial charge in [0.15, 0.2) is 6.29 Å². The van der Waals surface area contributed by atoms with Crippen molar-refractivity contribution in [1.82, 2.24) is 5.32 Å². The largest absolute Gasteiger partial charge is 0.352 e. The van der Waals surface area contributed by atoms with Crippen LogP contribution >= 0.6 is 11.8 Å². The smallest absolute Gasteiger partial charge is 0.169 e. The molecule has 0 aromatic carbocycles. The van der Waals surface area contributed by atoms with Gasteiger partial charge in [-0.1, -0.05) is 6.92 Å². The monoisotopic (exact) mass is 235 g/mol. The molecular weight excluding hydrogens is 210 g/mol. The van der Waals surface area contributed by atoms with Crippen molar-refractivity contribution in [3.05, 3.63) is 0 Å². The molecule has 92 valence electrons. The molecule has 0 radical (unpaired) electrons. The maximum absolute atomic E-state index is 5.43. The first-order chi connectivity index (χ1) is 7.24. The van der Waals surface area contributed by atoms with E-state index in [0.717, 1.165) is 18.3 Å². The summed E-state index contributed by atoms with van der Waals surface area (Å²) >= 11 is 1.90. The van der Waals surface area contributed by atoms with E-state index in [1.165, 1.54) is 6.42 Å². The highest BCUT2D eigenvalue weighted by Gasteiger charge is 2.06. The second kappa shape index (κ2) is 10.7. The van der Waals surface area contributed by atoms with Crippen molar-refractivity contribution < 1.29 is 9.47 Å². The second-order valence-corrected chi connectivity index (χ2v) is 4.66. The fraction of sp³-hybridized carbons (Fsp3) is 1.00. The average Bonchev–Trinajstić information content (AvgIpc) is 2.24. The third-order valence-electron chi connectivity index (χ3n) is 2.15. The molecule has 3 nitrogen and oxygen atoms in total. The van der Waals surface area contributed by atoms with Crippen LogP contribution in [0.15, 0.2) is 0 Å². The zero-order valence-corrected chi connectivity index (χ0v) is 11.2. The molecule has 0 amide bonds. The van der Waals surface area contributed by atoms with Crippen molar-refractivity contribution >= 4 is 11.8 Å². The minimum atomic E-state index is -0.0930. The van der Waals surface area contributed by atoms with Gasteiger partial charge in [-0.25, -0.2) is 0 Å². The van der Waals surface area contributed by atoms with E-state index < -0.39 is 0 Å². The molecule has 0 aliphatic carbocycles. The highest BCUT2D eigenvalue weighted by atomic mass is 32.2. The minimum Gasteiger partial charge on any atom is -0.352 e. The summed E-state index contributed by atoms with van der Waals surface area (Å²) in [6.07, 6.45) is 3.24. The summed E-state index contributed by atoms with van der Waals surface area (Å²) in [5.41, 5.74) is 0. The van der Waals surface area contributed by atoms with Crippen LogP contribution in [-0.2, 0) is 9.47 Å². The van der Waals surface area contributed by atoms with Gasteiger partial charge in [-0.3, -0.25) is 0 Å². The van der Waals surface area contributed by atoms with Gasteiger partial charge in [0.25, 0.3) is 0 Å². The standard InChI is InChI=1S/C11H25NO2S/c1-5-13-11(14-6-2)9-12-8-7-10(3)15-4/h10-12H,5-9H2,1-4H3. The van der Waals surface area contributed by atoms with Gasteiger partial charge in [0.1, 0.15) is 0 Å². The van der Waals surface area contributed by atoms with Crippen LogP contribution in [0.4, 0.5) is 0 Å². The summed E-state index contributed by atoms with van der Waals surface area (Å²) in [5.74, 6) is 0. The van der Waals surface area contributed by atoms with Crippen LogP contribution in [0.2, 0.25) is 0 Å². The Kier molecular flexibility index (Phi) is 10.9. The van der Waals surface area contributed by atoms with Gasteiger partial charge in [0.2, 0.25) is 0 Å². The Balaban J connectivity index is 3.43. The molecule has 1 atom stereocenters. The maximum Gasteiger partial charge on any atom is 0.169 e. The summed E-state index contributed by atoms with van der Waals surface area (Å²) in [6, 6.07) is 0. The summed E-state index contributed by atoms with van der Waals surface area (Å²) < 4.78 is 10.9. The predicted molar refractivity (Wildman–Crippen MR) is 67.5 cm³/mol. The van der Waals surface area contributed by atoms with Crippen molar-refractivity contribution in [3.63, 3.8) is 0 Å². The van der Waals surface area contributed by atoms with Gasteiger partial charge in [-0.2, -0.15) is 11.8 Å². The molecule has 0 aromatic heterocycles. The first-order valence-corrected chi connectivity index (χ1v) is 7.00. The summed E-state index contributed by atoms with van der Waals surface area (Å²) in [4.78, 5) is 0. The van der Waals surface area contributed by atoms with E-state index >= 15 is 0 Å². The molecule has 1 unspecified atom stereocenters. The Morgan fingerprint density at radius 1 is 1.20 bits per heavy atom. The van der Waals surface area contributed by atoms with Gasteiger partial charge in [-0.05, 0) is 33.1 Å². The summed E-state index contributed by atoms with van der Waals surface area (Å²) in [6.45, 7) is 9.43. The molecule has 0 rings (SSSR count). The molecule has 0 saturated carbocycles. The Morgan fingerprint density at radius 3 is 2.27 bits per heavy atom. The van der Waals surface area contributed by atoms with E-state index in [-0.39, 0.29) is 6.29 Å². The van der Waals surface area contributed by atoms with Crippen LogP contribution < -0.4 is 5.32 Å². The Hall–Kier alpha value is 0.230. The molecule has 0 saturated heterocycles. The highest BCUT2D eigenvalue weighted by Crippen LogP contribution is 2.07. The van der Waals surface area contributed by atoms with E-state index in [9.17, 15) is 0 Å². The van der Waals surface area contributed by atoms with E-state index in [0.29, 0.717) is 13.2 Å². The number of nitrogens with one attached hydrogen (secondary N) is 1. The van der Waals surface area contributed by atoms with Gasteiger partial charge >= 0.3 is 0 Å². The first kappa shape index (κ1) is 15.2. The molecule has 1 N–H and O–H groups in total. The normalized spacial score (nSPS) is 13.4. The number of rotatable bonds is 10. The van der Waals surface area contributed by atoms with Crippen LogP contribution in [0.5, 0.6) is 0 Å². The number of ether oxygens (including phenoxy) is 2. The fourth-order valence-corrected chi connectivity index (χ4v) is 1.53. The summed E-state index contributed by atoms with van der Waals surface area (Å²) in [5, 5.41) is 4.07. The molecule has 0 aliphatic heterocycles. The molecule has 4 heteroatoms. The molecule has 0 bridgehead atoms. The molecule has 0 heterocycles. The molecule has 0 spiro atoms. The van der Waals surface area contributed by atoms with Crippen molar-refractivity contribution in [2.45, 2.75) is 38.7 Å². The average molecular weight is 235 g/mol. The van der Waals surface area contributed by atoms with Gasteiger partial charge < -0.3 is 14.8 Å². The zero-order chi connectivity index (χ0) is 11.5. The lowest BCUT2D eigenvalue weighted by atomic mass is 10.3. The van der Waals surface area contributed by atoms with Crippen LogP contribution in [0.25, 0.3) is 0 Å². The Bertz CT molecular complexity index is 130. The van der Waals surface area contributed by atoms with Crippen molar-refractivity contribution in [1.29, 1.82) is 0 Å². The van der Waals surface area contributed by atoms with Crippen molar-refractivity contribution in [2.24, 2.45) is 0 Å². The quantitative estimate of drug-likeness (QED) is 0.464. The number of hydrogen-bond donors (Lipinski definition) is 1. The van der Waals surface area contributed by atoms with Gasteiger partial charge in [0, 0.05) is 25.0 Å². The van der Waals surface area contributed by atoms with E-state index in [1.807, 2.05) is 25.6 Å². The van der Waals surface area contributed by atoms with Crippen molar-refractivity contribution in [3.8, 4) is 0 Å². The first-order valence-electron chi connectivity index (χ1n) is 5.71. The van der Waals surface area contributed by atoms with Crippen LogP contribution in [-0.4, -0.2) is 44.1 Å². The third kappa shape index (κ3) is 9.18. The minimum absolute atomic E-state index is 0.0930. The second-order valence-electron chi connectivity index (χ2n) is 3.38. The Morgan fingerprint density at radius 2 is 1.80 bits per heavy atom. The molecule has 15 heavy (non-hydrogen) atoms. The van der Waals surface area contributed by atoms with Crippen LogP contribution in [0, 0.1) is 0 Å². The molecular formula is C11H25NO2S. The predicted octanol–water partition coefficient (Wildman–Crippen LogP) is 2.12. The van der Waals surface area contributed by atoms with E-state index in [4.69, 9.17) is 9.47 Å². The lowest BCUT2D eigenvalue weighted by Gasteiger charge is -2.18. The zero-order valence-electron chi connectivity index (χ0n) is 10.4. The van der Waals surface area contributed by atoms with Crippen LogP contribution in [0.1, 0.15) is 27.2 Å². The molecule has 0 aliphatic rings. The molecule has 0 fully saturated rings. The number of hydrogen-bond acceptors (Lipinski definition) is 4. The van der Waals surface area contributed by atoms with E-state index in [2.05, 4.69) is 18.5 Å². The van der Waals surface area contributed by atoms with Gasteiger partial charge in [0.05, 0.1) is 0 Å². The van der Waals surface area contributed by atoms with Crippen molar-refractivity contribution in [2.75, 3.05) is 32.6 Å².